The Morgan fingerprint density at radius 2 is 1.69 bits per heavy atom. The number of carbonyl (C=O) groups is 2. The van der Waals surface area contributed by atoms with E-state index >= 15 is 0 Å². The Kier molecular flexibility index (Phi) is 7.74. The van der Waals surface area contributed by atoms with Crippen LogP contribution in [0.25, 0.3) is 5.76 Å². The number of rotatable bonds is 9. The van der Waals surface area contributed by atoms with Crippen LogP contribution in [0.5, 0.6) is 11.5 Å². The fraction of sp³-hybridized carbons (Fsp3) is 0.267. The molecule has 0 aliphatic carbocycles. The molecule has 36 heavy (non-hydrogen) atoms. The lowest BCUT2D eigenvalue weighted by Gasteiger charge is -2.26. The predicted molar refractivity (Wildman–Crippen MR) is 139 cm³/mol. The Labute approximate surface area is 211 Å². The lowest BCUT2D eigenvalue weighted by molar-refractivity contribution is -0.140. The van der Waals surface area contributed by atoms with E-state index in [4.69, 9.17) is 9.47 Å². The van der Waals surface area contributed by atoms with Gasteiger partial charge in [-0.3, -0.25) is 9.59 Å². The summed E-state index contributed by atoms with van der Waals surface area (Å²) in [5, 5.41) is 11.3. The van der Waals surface area contributed by atoms with E-state index in [2.05, 4.69) is 6.92 Å². The average molecular weight is 486 g/mol. The first-order valence-corrected chi connectivity index (χ1v) is 12.1. The molecule has 3 aromatic carbocycles. The number of nitrogens with zero attached hydrogens (tertiary/aromatic N) is 1. The molecule has 1 atom stereocenters. The summed E-state index contributed by atoms with van der Waals surface area (Å²) in [6, 6.07) is 21.3. The van der Waals surface area contributed by atoms with Crippen molar-refractivity contribution in [2.24, 2.45) is 0 Å². The average Bonchev–Trinajstić information content (AvgIpc) is 3.14. The molecule has 6 nitrogen and oxygen atoms in total. The van der Waals surface area contributed by atoms with Gasteiger partial charge in [0.2, 0.25) is 0 Å². The number of carbonyl (C=O) groups excluding carboxylic acids is 2. The molecule has 1 aliphatic heterocycles. The molecule has 1 N–H and O–H groups in total. The van der Waals surface area contributed by atoms with Crippen LogP contribution in [0.2, 0.25) is 0 Å². The second-order valence-corrected chi connectivity index (χ2v) is 8.89. The summed E-state index contributed by atoms with van der Waals surface area (Å²) < 4.78 is 11.5. The fourth-order valence-electron chi connectivity index (χ4n) is 4.34. The maximum Gasteiger partial charge on any atom is 0.295 e. The third-order valence-corrected chi connectivity index (χ3v) is 6.32. The Hall–Kier alpha value is -4.06. The Morgan fingerprint density at radius 3 is 2.36 bits per heavy atom. The summed E-state index contributed by atoms with van der Waals surface area (Å²) in [5.41, 5.74) is 3.09. The molecule has 4 rings (SSSR count). The normalized spacial score (nSPS) is 16.9. The molecule has 0 saturated carbocycles. The van der Waals surface area contributed by atoms with Gasteiger partial charge in [-0.1, -0.05) is 79.6 Å². The van der Waals surface area contributed by atoms with Crippen LogP contribution in [0.4, 0.5) is 0 Å². The van der Waals surface area contributed by atoms with Gasteiger partial charge < -0.3 is 19.5 Å². The molecule has 3 aromatic rings. The van der Waals surface area contributed by atoms with Crippen LogP contribution < -0.4 is 9.47 Å². The van der Waals surface area contributed by atoms with Crippen LogP contribution in [0, 0.1) is 6.92 Å². The largest absolute Gasteiger partial charge is 0.507 e. The number of benzene rings is 3. The van der Waals surface area contributed by atoms with Crippen molar-refractivity contribution in [2.45, 2.75) is 39.3 Å². The fourth-order valence-corrected chi connectivity index (χ4v) is 4.34. The topological polar surface area (TPSA) is 76.1 Å². The third-order valence-electron chi connectivity index (χ3n) is 6.32. The van der Waals surface area contributed by atoms with Gasteiger partial charge in [-0.05, 0) is 36.6 Å². The summed E-state index contributed by atoms with van der Waals surface area (Å²) in [7, 11) is 1.55. The molecule has 6 heteroatoms. The van der Waals surface area contributed by atoms with Crippen LogP contribution in [-0.2, 0) is 16.1 Å². The number of hydrogen-bond acceptors (Lipinski definition) is 5. The van der Waals surface area contributed by atoms with Gasteiger partial charge in [-0.2, -0.15) is 0 Å². The van der Waals surface area contributed by atoms with Gasteiger partial charge in [0.1, 0.15) is 5.76 Å². The maximum atomic E-state index is 13.3. The molecule has 0 radical (unpaired) electrons. The van der Waals surface area contributed by atoms with E-state index in [9.17, 15) is 14.7 Å². The first-order chi connectivity index (χ1) is 17.4. The van der Waals surface area contributed by atoms with Gasteiger partial charge in [0.15, 0.2) is 11.5 Å². The van der Waals surface area contributed by atoms with Gasteiger partial charge in [0, 0.05) is 12.1 Å². The highest BCUT2D eigenvalue weighted by Gasteiger charge is 2.46. The molecular formula is C30H31NO5. The Morgan fingerprint density at radius 1 is 0.972 bits per heavy atom. The summed E-state index contributed by atoms with van der Waals surface area (Å²) >= 11 is 0. The van der Waals surface area contributed by atoms with Gasteiger partial charge in [0.25, 0.3) is 11.7 Å². The van der Waals surface area contributed by atoms with E-state index in [1.54, 1.807) is 31.4 Å². The molecule has 0 spiro atoms. The number of Topliss-reactive ketones (excluding diaryl/α,β-unsaturated/α-hetero) is 1. The summed E-state index contributed by atoms with van der Waals surface area (Å²) in [6.07, 6.45) is 1.92. The number of likely N-dealkylation sites (tertiary alicyclic amines) is 1. The minimum absolute atomic E-state index is 0.0569. The number of ketones is 1. The molecule has 1 heterocycles. The molecule has 1 unspecified atom stereocenters. The lowest BCUT2D eigenvalue weighted by atomic mass is 9.94. The van der Waals surface area contributed by atoms with E-state index < -0.39 is 17.7 Å². The number of aliphatic hydroxyl groups excluding tert-OH is 1. The van der Waals surface area contributed by atoms with E-state index in [1.807, 2.05) is 55.5 Å². The highest BCUT2D eigenvalue weighted by Crippen LogP contribution is 2.42. The van der Waals surface area contributed by atoms with Crippen molar-refractivity contribution in [2.75, 3.05) is 13.7 Å². The molecule has 0 aromatic heterocycles. The van der Waals surface area contributed by atoms with Crippen molar-refractivity contribution < 1.29 is 24.2 Å². The van der Waals surface area contributed by atoms with Crippen molar-refractivity contribution in [3.63, 3.8) is 0 Å². The molecule has 1 saturated heterocycles. The van der Waals surface area contributed by atoms with E-state index in [-0.39, 0.29) is 17.9 Å². The van der Waals surface area contributed by atoms with Crippen LogP contribution in [0.3, 0.4) is 0 Å². The number of ether oxygens (including phenoxy) is 2. The van der Waals surface area contributed by atoms with Crippen molar-refractivity contribution in [1.29, 1.82) is 0 Å². The number of unbranched alkanes of at least 4 members (excludes halogenated alkanes) is 1. The summed E-state index contributed by atoms with van der Waals surface area (Å²) in [5.74, 6) is -0.468. The SMILES string of the molecule is CCCCOc1ccc(C2/C(=C(/O)c3ccc(C)cc3)C(=O)C(=O)N2Cc2ccccc2)cc1OC. The van der Waals surface area contributed by atoms with Gasteiger partial charge >= 0.3 is 0 Å². The number of hydrogen-bond donors (Lipinski definition) is 1. The molecule has 0 bridgehead atoms. The van der Waals surface area contributed by atoms with Crippen LogP contribution in [0.15, 0.2) is 78.4 Å². The first kappa shape index (κ1) is 25.0. The summed E-state index contributed by atoms with van der Waals surface area (Å²) in [6.45, 7) is 4.82. The number of amides is 1. The first-order valence-electron chi connectivity index (χ1n) is 12.1. The molecular weight excluding hydrogens is 454 g/mol. The Balaban J connectivity index is 1.82. The van der Waals surface area contributed by atoms with Crippen LogP contribution in [-0.4, -0.2) is 35.4 Å². The zero-order valence-corrected chi connectivity index (χ0v) is 20.9. The molecule has 1 amide bonds. The quantitative estimate of drug-likeness (QED) is 0.179. The Bertz CT molecular complexity index is 1260. The molecule has 1 aliphatic rings. The lowest BCUT2D eigenvalue weighted by Crippen LogP contribution is -2.29. The molecule has 1 fully saturated rings. The minimum Gasteiger partial charge on any atom is -0.507 e. The van der Waals surface area contributed by atoms with Gasteiger partial charge in [-0.15, -0.1) is 0 Å². The van der Waals surface area contributed by atoms with E-state index in [1.165, 1.54) is 4.90 Å². The number of aliphatic hydroxyl groups is 1. The second kappa shape index (κ2) is 11.1. The van der Waals surface area contributed by atoms with E-state index in [0.717, 1.165) is 24.0 Å². The predicted octanol–water partition coefficient (Wildman–Crippen LogP) is 5.80. The van der Waals surface area contributed by atoms with Gasteiger partial charge in [0.05, 0.1) is 25.3 Å². The van der Waals surface area contributed by atoms with Crippen molar-refractivity contribution in [3.8, 4) is 11.5 Å². The van der Waals surface area contributed by atoms with Crippen molar-refractivity contribution in [3.05, 3.63) is 101 Å². The monoisotopic (exact) mass is 485 g/mol. The zero-order chi connectivity index (χ0) is 25.7. The van der Waals surface area contributed by atoms with Crippen molar-refractivity contribution in [1.82, 2.24) is 4.90 Å². The summed E-state index contributed by atoms with van der Waals surface area (Å²) in [4.78, 5) is 28.1. The highest BCUT2D eigenvalue weighted by atomic mass is 16.5. The minimum atomic E-state index is -0.787. The van der Waals surface area contributed by atoms with Gasteiger partial charge in [-0.25, -0.2) is 0 Å². The zero-order valence-electron chi connectivity index (χ0n) is 20.9. The van der Waals surface area contributed by atoms with Crippen molar-refractivity contribution >= 4 is 17.4 Å². The van der Waals surface area contributed by atoms with Crippen LogP contribution in [0.1, 0.15) is 48.1 Å². The standard InChI is InChI=1S/C30H31NO5/c1-4-5-17-36-24-16-15-23(18-25(24)35-3)27-26(28(32)22-13-11-20(2)12-14-22)29(33)30(34)31(27)19-21-9-7-6-8-10-21/h6-16,18,27,32H,4-5,17,19H2,1-3H3/b28-26-. The third kappa shape index (κ3) is 5.13. The number of methoxy groups -OCH3 is 1. The second-order valence-electron chi connectivity index (χ2n) is 8.89. The smallest absolute Gasteiger partial charge is 0.295 e. The molecule has 186 valence electrons. The maximum absolute atomic E-state index is 13.3. The van der Waals surface area contributed by atoms with E-state index in [0.29, 0.717) is 29.2 Å². The highest BCUT2D eigenvalue weighted by molar-refractivity contribution is 6.46. The number of aryl methyl sites for hydroxylation is 1. The van der Waals surface area contributed by atoms with Crippen LogP contribution >= 0.6 is 0 Å².